The SMILES string of the molecule is Cc1ccc2sc(Cc3ccc(NCl)cc3)nc2c1. The van der Waals surface area contributed by atoms with E-state index in [1.807, 2.05) is 12.1 Å². The van der Waals surface area contributed by atoms with Crippen LogP contribution in [0.5, 0.6) is 0 Å². The van der Waals surface area contributed by atoms with Crippen LogP contribution in [-0.4, -0.2) is 4.98 Å². The molecule has 0 spiro atoms. The summed E-state index contributed by atoms with van der Waals surface area (Å²) in [6, 6.07) is 14.5. The summed E-state index contributed by atoms with van der Waals surface area (Å²) in [6.45, 7) is 2.09. The molecule has 96 valence electrons. The highest BCUT2D eigenvalue weighted by Crippen LogP contribution is 2.25. The lowest BCUT2D eigenvalue weighted by atomic mass is 10.1. The van der Waals surface area contributed by atoms with Crippen molar-refractivity contribution in [1.29, 1.82) is 0 Å². The van der Waals surface area contributed by atoms with E-state index in [-0.39, 0.29) is 0 Å². The average molecular weight is 289 g/mol. The third kappa shape index (κ3) is 2.72. The van der Waals surface area contributed by atoms with Crippen molar-refractivity contribution in [3.8, 4) is 0 Å². The molecule has 4 heteroatoms. The number of aromatic nitrogens is 1. The molecule has 1 N–H and O–H groups in total. The molecule has 0 saturated carbocycles. The quantitative estimate of drug-likeness (QED) is 0.703. The van der Waals surface area contributed by atoms with E-state index < -0.39 is 0 Å². The van der Waals surface area contributed by atoms with Crippen LogP contribution in [0.1, 0.15) is 16.1 Å². The van der Waals surface area contributed by atoms with Gasteiger partial charge in [0, 0.05) is 23.9 Å². The fraction of sp³-hybridized carbons (Fsp3) is 0.133. The smallest absolute Gasteiger partial charge is 0.0982 e. The summed E-state index contributed by atoms with van der Waals surface area (Å²) >= 11 is 7.31. The van der Waals surface area contributed by atoms with Gasteiger partial charge >= 0.3 is 0 Å². The minimum Gasteiger partial charge on any atom is -0.299 e. The monoisotopic (exact) mass is 288 g/mol. The van der Waals surface area contributed by atoms with Crippen LogP contribution >= 0.6 is 23.1 Å². The zero-order valence-electron chi connectivity index (χ0n) is 10.5. The van der Waals surface area contributed by atoms with Gasteiger partial charge in [0.25, 0.3) is 0 Å². The van der Waals surface area contributed by atoms with Crippen molar-refractivity contribution in [3.63, 3.8) is 0 Å². The van der Waals surface area contributed by atoms with Gasteiger partial charge in [-0.25, -0.2) is 4.98 Å². The van der Waals surface area contributed by atoms with Crippen molar-refractivity contribution in [2.24, 2.45) is 0 Å². The van der Waals surface area contributed by atoms with Gasteiger partial charge in [-0.1, -0.05) is 18.2 Å². The molecule has 0 aliphatic heterocycles. The van der Waals surface area contributed by atoms with Gasteiger partial charge in [-0.2, -0.15) is 0 Å². The Morgan fingerprint density at radius 2 is 1.95 bits per heavy atom. The molecule has 0 radical (unpaired) electrons. The second-order valence-corrected chi connectivity index (χ2v) is 5.85. The molecule has 0 bridgehead atoms. The number of nitrogens with one attached hydrogen (secondary N) is 1. The van der Waals surface area contributed by atoms with Crippen LogP contribution in [-0.2, 0) is 6.42 Å². The number of aryl methyl sites for hydroxylation is 1. The summed E-state index contributed by atoms with van der Waals surface area (Å²) < 4.78 is 1.25. The number of halogens is 1. The number of hydrogen-bond donors (Lipinski definition) is 1. The molecule has 0 saturated heterocycles. The Hall–Kier alpha value is -1.58. The molecule has 0 fully saturated rings. The summed E-state index contributed by atoms with van der Waals surface area (Å²) in [5.74, 6) is 0. The van der Waals surface area contributed by atoms with Crippen LogP contribution < -0.4 is 4.84 Å². The van der Waals surface area contributed by atoms with Gasteiger partial charge in [-0.05, 0) is 42.3 Å². The Morgan fingerprint density at radius 3 is 2.68 bits per heavy atom. The van der Waals surface area contributed by atoms with Crippen LogP contribution in [0.3, 0.4) is 0 Å². The third-order valence-corrected chi connectivity index (χ3v) is 4.26. The van der Waals surface area contributed by atoms with E-state index >= 15 is 0 Å². The van der Waals surface area contributed by atoms with E-state index in [1.54, 1.807) is 11.3 Å². The fourth-order valence-electron chi connectivity index (χ4n) is 2.02. The topological polar surface area (TPSA) is 24.9 Å². The van der Waals surface area contributed by atoms with Crippen molar-refractivity contribution in [2.45, 2.75) is 13.3 Å². The first-order valence-corrected chi connectivity index (χ1v) is 7.26. The Balaban J connectivity index is 1.87. The summed E-state index contributed by atoms with van der Waals surface area (Å²) in [6.07, 6.45) is 0.862. The molecule has 3 aromatic rings. The van der Waals surface area contributed by atoms with Crippen LogP contribution in [0, 0.1) is 6.92 Å². The van der Waals surface area contributed by atoms with E-state index in [9.17, 15) is 0 Å². The maximum absolute atomic E-state index is 5.55. The largest absolute Gasteiger partial charge is 0.299 e. The minimum atomic E-state index is 0.862. The molecule has 19 heavy (non-hydrogen) atoms. The fourth-order valence-corrected chi connectivity index (χ4v) is 3.13. The lowest BCUT2D eigenvalue weighted by molar-refractivity contribution is 1.15. The molecule has 2 nitrogen and oxygen atoms in total. The van der Waals surface area contributed by atoms with Crippen LogP contribution in [0.15, 0.2) is 42.5 Å². The van der Waals surface area contributed by atoms with E-state index in [4.69, 9.17) is 11.8 Å². The molecule has 1 heterocycles. The first kappa shape index (κ1) is 12.5. The standard InChI is InChI=1S/C15H13ClN2S/c1-10-2-7-14-13(8-10)17-15(19-14)9-11-3-5-12(18-16)6-4-11/h2-8,18H,9H2,1H3. The molecule has 0 aliphatic rings. The molecular weight excluding hydrogens is 276 g/mol. The molecule has 3 rings (SSSR count). The number of anilines is 1. The second-order valence-electron chi connectivity index (χ2n) is 4.55. The van der Waals surface area contributed by atoms with E-state index in [2.05, 4.69) is 47.1 Å². The number of hydrogen-bond acceptors (Lipinski definition) is 3. The Morgan fingerprint density at radius 1 is 1.16 bits per heavy atom. The van der Waals surface area contributed by atoms with E-state index in [1.165, 1.54) is 15.8 Å². The van der Waals surface area contributed by atoms with Crippen molar-refractivity contribution in [1.82, 2.24) is 4.98 Å². The van der Waals surface area contributed by atoms with Crippen molar-refractivity contribution < 1.29 is 0 Å². The summed E-state index contributed by atoms with van der Waals surface area (Å²) in [5, 5.41) is 1.15. The average Bonchev–Trinajstić information content (AvgIpc) is 2.81. The lowest BCUT2D eigenvalue weighted by Crippen LogP contribution is -1.87. The molecule has 1 aromatic heterocycles. The van der Waals surface area contributed by atoms with Crippen LogP contribution in [0.2, 0.25) is 0 Å². The Bertz CT molecular complexity index is 704. The zero-order chi connectivity index (χ0) is 13.2. The normalized spacial score (nSPS) is 10.8. The van der Waals surface area contributed by atoms with Gasteiger partial charge < -0.3 is 0 Å². The molecule has 0 amide bonds. The lowest BCUT2D eigenvalue weighted by Gasteiger charge is -2.00. The van der Waals surface area contributed by atoms with Gasteiger partial charge in [-0.15, -0.1) is 11.3 Å². The number of benzene rings is 2. The highest BCUT2D eigenvalue weighted by atomic mass is 35.5. The van der Waals surface area contributed by atoms with Crippen molar-refractivity contribution >= 4 is 39.0 Å². The number of nitrogens with zero attached hydrogens (tertiary/aromatic N) is 1. The van der Waals surface area contributed by atoms with Gasteiger partial charge in [0.1, 0.15) is 0 Å². The summed E-state index contributed by atoms with van der Waals surface area (Å²) in [7, 11) is 0. The predicted molar refractivity (Wildman–Crippen MR) is 83.1 cm³/mol. The first-order valence-electron chi connectivity index (χ1n) is 6.06. The minimum absolute atomic E-state index is 0.862. The highest BCUT2D eigenvalue weighted by Gasteiger charge is 2.05. The number of rotatable bonds is 3. The van der Waals surface area contributed by atoms with E-state index in [0.29, 0.717) is 0 Å². The van der Waals surface area contributed by atoms with Gasteiger partial charge in [0.15, 0.2) is 0 Å². The van der Waals surface area contributed by atoms with Crippen LogP contribution in [0.4, 0.5) is 5.69 Å². The highest BCUT2D eigenvalue weighted by molar-refractivity contribution is 7.18. The molecule has 0 unspecified atom stereocenters. The third-order valence-electron chi connectivity index (χ3n) is 3.01. The predicted octanol–water partition coefficient (Wildman–Crippen LogP) is 4.76. The van der Waals surface area contributed by atoms with Gasteiger partial charge in [-0.3, -0.25) is 4.84 Å². The van der Waals surface area contributed by atoms with Gasteiger partial charge in [0.05, 0.1) is 15.2 Å². The van der Waals surface area contributed by atoms with Crippen LogP contribution in [0.25, 0.3) is 10.2 Å². The molecule has 0 aliphatic carbocycles. The van der Waals surface area contributed by atoms with Crippen molar-refractivity contribution in [3.05, 3.63) is 58.6 Å². The second kappa shape index (κ2) is 5.19. The van der Waals surface area contributed by atoms with E-state index in [0.717, 1.165) is 22.6 Å². The first-order chi connectivity index (χ1) is 9.24. The summed E-state index contributed by atoms with van der Waals surface area (Å²) in [4.78, 5) is 7.29. The number of thiazole rings is 1. The summed E-state index contributed by atoms with van der Waals surface area (Å²) in [5.41, 5.74) is 4.50. The molecule has 2 aromatic carbocycles. The zero-order valence-corrected chi connectivity index (χ0v) is 12.1. The van der Waals surface area contributed by atoms with Crippen molar-refractivity contribution in [2.75, 3.05) is 4.84 Å². The van der Waals surface area contributed by atoms with Gasteiger partial charge in [0.2, 0.25) is 0 Å². The molecular formula is C15H13ClN2S. The Kier molecular flexibility index (Phi) is 3.40. The molecule has 0 atom stereocenters. The maximum atomic E-state index is 5.55. The Labute approximate surface area is 121 Å². The number of fused-ring (bicyclic) bond motifs is 1. The maximum Gasteiger partial charge on any atom is 0.0982 e.